The molecule has 1 fully saturated rings. The second-order valence-corrected chi connectivity index (χ2v) is 5.37. The van der Waals surface area contributed by atoms with Crippen LogP contribution in [0.1, 0.15) is 20.8 Å². The second kappa shape index (κ2) is 7.71. The molecule has 0 amide bonds. The molecule has 0 saturated carbocycles. The minimum absolute atomic E-state index is 0.219. The molecule has 0 aliphatic carbocycles. The average molecular weight is 369 g/mol. The van der Waals surface area contributed by atoms with Crippen LogP contribution in [-0.2, 0) is 33.3 Å². The molecule has 0 aromatic rings. The molecule has 1 rings (SSSR count). The van der Waals surface area contributed by atoms with Gasteiger partial charge in [-0.2, -0.15) is 0 Å². The topological polar surface area (TPSA) is 108 Å². The molecule has 0 aromatic heterocycles. The van der Waals surface area contributed by atoms with Gasteiger partial charge >= 0.3 is 17.9 Å². The highest BCUT2D eigenvalue weighted by molar-refractivity contribution is 9.09. The van der Waals surface area contributed by atoms with Crippen molar-refractivity contribution in [2.75, 3.05) is 6.61 Å². The van der Waals surface area contributed by atoms with E-state index in [-0.39, 0.29) is 6.61 Å². The molecule has 21 heavy (non-hydrogen) atoms. The number of halogens is 1. The molecule has 1 heterocycles. The molecular formula is C12H17BrO8. The lowest BCUT2D eigenvalue weighted by atomic mass is 10.00. The molecule has 0 radical (unpaired) electrons. The van der Waals surface area contributed by atoms with Crippen molar-refractivity contribution in [2.45, 2.75) is 50.2 Å². The lowest BCUT2D eigenvalue weighted by Crippen LogP contribution is -2.59. The van der Waals surface area contributed by atoms with Crippen LogP contribution in [-0.4, -0.2) is 59.1 Å². The highest BCUT2D eigenvalue weighted by Gasteiger charge is 2.48. The van der Waals surface area contributed by atoms with Crippen LogP contribution in [0.2, 0.25) is 0 Å². The van der Waals surface area contributed by atoms with Crippen molar-refractivity contribution >= 4 is 33.8 Å². The van der Waals surface area contributed by atoms with Gasteiger partial charge in [0.1, 0.15) is 18.8 Å². The maximum Gasteiger partial charge on any atom is 0.303 e. The predicted octanol–water partition coefficient (Wildman–Crippen LogP) is -0.106. The molecule has 1 N–H and O–H groups in total. The van der Waals surface area contributed by atoms with E-state index < -0.39 is 47.3 Å². The van der Waals surface area contributed by atoms with Gasteiger partial charge in [-0.05, 0) is 0 Å². The van der Waals surface area contributed by atoms with E-state index in [1.54, 1.807) is 0 Å². The molecule has 0 bridgehead atoms. The fourth-order valence-electron chi connectivity index (χ4n) is 1.86. The van der Waals surface area contributed by atoms with Crippen LogP contribution in [0.5, 0.6) is 0 Å². The van der Waals surface area contributed by atoms with Crippen LogP contribution < -0.4 is 0 Å². The number of aliphatic hydroxyl groups is 1. The second-order valence-electron chi connectivity index (χ2n) is 4.47. The number of hydrogen-bond acceptors (Lipinski definition) is 8. The van der Waals surface area contributed by atoms with E-state index in [1.165, 1.54) is 13.8 Å². The summed E-state index contributed by atoms with van der Waals surface area (Å²) in [5.41, 5.74) is 0. The largest absolute Gasteiger partial charge is 0.463 e. The van der Waals surface area contributed by atoms with Crippen LogP contribution in [0.3, 0.4) is 0 Å². The summed E-state index contributed by atoms with van der Waals surface area (Å²) in [5, 5.41) is 9.36. The summed E-state index contributed by atoms with van der Waals surface area (Å²) < 4.78 is 20.2. The number of esters is 3. The number of carbonyl (C=O) groups excluding carboxylic acids is 3. The van der Waals surface area contributed by atoms with Crippen molar-refractivity contribution in [1.29, 1.82) is 0 Å². The maximum absolute atomic E-state index is 11.2. The van der Waals surface area contributed by atoms with Crippen molar-refractivity contribution in [3.63, 3.8) is 0 Å². The Balaban J connectivity index is 2.87. The van der Waals surface area contributed by atoms with E-state index >= 15 is 0 Å². The third-order valence-corrected chi connectivity index (χ3v) is 3.40. The number of alkyl halides is 1. The first-order valence-corrected chi connectivity index (χ1v) is 7.09. The Kier molecular flexibility index (Phi) is 6.56. The van der Waals surface area contributed by atoms with Gasteiger partial charge in [-0.3, -0.25) is 14.4 Å². The predicted molar refractivity (Wildman–Crippen MR) is 71.3 cm³/mol. The zero-order valence-corrected chi connectivity index (χ0v) is 13.4. The van der Waals surface area contributed by atoms with Crippen molar-refractivity contribution in [3.05, 3.63) is 0 Å². The Bertz CT molecular complexity index is 412. The first-order chi connectivity index (χ1) is 9.72. The summed E-state index contributed by atoms with van der Waals surface area (Å²) in [5.74, 6) is -1.80. The van der Waals surface area contributed by atoms with Gasteiger partial charge in [0.05, 0.1) is 0 Å². The van der Waals surface area contributed by atoms with Crippen LogP contribution in [0.15, 0.2) is 0 Å². The maximum atomic E-state index is 11.2. The fraction of sp³-hybridized carbons (Fsp3) is 0.750. The molecular weight excluding hydrogens is 352 g/mol. The third-order valence-electron chi connectivity index (χ3n) is 2.66. The van der Waals surface area contributed by atoms with Crippen molar-refractivity contribution < 1.29 is 38.4 Å². The fourth-order valence-corrected chi connectivity index (χ4v) is 2.54. The van der Waals surface area contributed by atoms with Gasteiger partial charge in [-0.25, -0.2) is 0 Å². The summed E-state index contributed by atoms with van der Waals surface area (Å²) in [6, 6.07) is 0. The Morgan fingerprint density at radius 3 is 2.05 bits per heavy atom. The molecule has 1 aliphatic heterocycles. The molecule has 5 atom stereocenters. The highest BCUT2D eigenvalue weighted by atomic mass is 79.9. The Labute approximate surface area is 129 Å². The van der Waals surface area contributed by atoms with Crippen LogP contribution in [0, 0.1) is 0 Å². The first-order valence-electron chi connectivity index (χ1n) is 6.17. The quantitative estimate of drug-likeness (QED) is 0.416. The Morgan fingerprint density at radius 2 is 1.57 bits per heavy atom. The number of ether oxygens (including phenoxy) is 4. The van der Waals surface area contributed by atoms with Crippen LogP contribution in [0.4, 0.5) is 0 Å². The highest BCUT2D eigenvalue weighted by Crippen LogP contribution is 2.29. The van der Waals surface area contributed by atoms with E-state index in [9.17, 15) is 19.5 Å². The van der Waals surface area contributed by atoms with Crippen molar-refractivity contribution in [2.24, 2.45) is 0 Å². The van der Waals surface area contributed by atoms with E-state index in [4.69, 9.17) is 18.9 Å². The monoisotopic (exact) mass is 368 g/mol. The first kappa shape index (κ1) is 17.9. The SMILES string of the molecule is CC(=O)OC[C@H]1O[C@H](Br)[C@H](OC(C)=O)[C@@H](OC(C)=O)[C@@H]1O. The molecule has 8 nitrogen and oxygen atoms in total. The Morgan fingerprint density at radius 1 is 1.05 bits per heavy atom. The van der Waals surface area contributed by atoms with Gasteiger partial charge in [-0.1, -0.05) is 15.9 Å². The summed E-state index contributed by atoms with van der Waals surface area (Å²) in [7, 11) is 0. The normalized spacial score (nSPS) is 32.1. The lowest BCUT2D eigenvalue weighted by molar-refractivity contribution is -0.229. The van der Waals surface area contributed by atoms with E-state index in [0.29, 0.717) is 0 Å². The molecule has 0 aromatic carbocycles. The molecule has 9 heteroatoms. The summed E-state index contributed by atoms with van der Waals surface area (Å²) in [6.45, 7) is 3.34. The van der Waals surface area contributed by atoms with Gasteiger partial charge in [0.2, 0.25) is 0 Å². The standard InChI is InChI=1S/C12H17BrO8/c1-5(14)18-4-8-9(17)10(19-6(2)15)11(12(13)21-8)20-7(3)16/h8-12,17H,4H2,1-3H3/t8-,9-,10+,11-,12+/m1/s1. The van der Waals surface area contributed by atoms with Gasteiger partial charge in [0.25, 0.3) is 0 Å². The molecule has 1 saturated heterocycles. The smallest absolute Gasteiger partial charge is 0.303 e. The number of aliphatic hydroxyl groups excluding tert-OH is 1. The van der Waals surface area contributed by atoms with Gasteiger partial charge < -0.3 is 24.1 Å². The zero-order chi connectivity index (χ0) is 16.2. The van der Waals surface area contributed by atoms with Gasteiger partial charge in [0.15, 0.2) is 17.2 Å². The number of hydrogen-bond donors (Lipinski definition) is 1. The van der Waals surface area contributed by atoms with E-state index in [1.807, 2.05) is 0 Å². The molecule has 120 valence electrons. The van der Waals surface area contributed by atoms with Crippen LogP contribution >= 0.6 is 15.9 Å². The van der Waals surface area contributed by atoms with Gasteiger partial charge in [-0.15, -0.1) is 0 Å². The molecule has 1 aliphatic rings. The zero-order valence-electron chi connectivity index (χ0n) is 11.8. The van der Waals surface area contributed by atoms with E-state index in [0.717, 1.165) is 6.92 Å². The minimum atomic E-state index is -1.31. The summed E-state index contributed by atoms with van der Waals surface area (Å²) in [6.07, 6.45) is -4.39. The number of carbonyl (C=O) groups is 3. The molecule has 0 spiro atoms. The van der Waals surface area contributed by atoms with Crippen molar-refractivity contribution in [1.82, 2.24) is 0 Å². The third kappa shape index (κ3) is 5.25. The summed E-state index contributed by atoms with van der Waals surface area (Å²) in [4.78, 5) is 33.1. The Hall–Kier alpha value is -1.19. The van der Waals surface area contributed by atoms with Crippen molar-refractivity contribution in [3.8, 4) is 0 Å². The minimum Gasteiger partial charge on any atom is -0.463 e. The van der Waals surface area contributed by atoms with E-state index in [2.05, 4.69) is 15.9 Å². The average Bonchev–Trinajstić information content (AvgIpc) is 2.35. The lowest BCUT2D eigenvalue weighted by Gasteiger charge is -2.41. The van der Waals surface area contributed by atoms with Crippen LogP contribution in [0.25, 0.3) is 0 Å². The van der Waals surface area contributed by atoms with Gasteiger partial charge in [0, 0.05) is 20.8 Å². The number of rotatable bonds is 4. The molecule has 0 unspecified atom stereocenters. The summed E-state index contributed by atoms with van der Waals surface area (Å²) >= 11 is 3.15.